The highest BCUT2D eigenvalue weighted by molar-refractivity contribution is 4.98. The van der Waals surface area contributed by atoms with Crippen molar-refractivity contribution in [2.24, 2.45) is 0 Å². The molecule has 0 aliphatic carbocycles. The Hall–Kier alpha value is -0.600. The summed E-state index contributed by atoms with van der Waals surface area (Å²) < 4.78 is 89.4. The quantitative estimate of drug-likeness (QED) is 0.226. The monoisotopic (exact) mass is 628 g/mol. The number of methoxy groups -OCH3 is 10. The van der Waals surface area contributed by atoms with Crippen molar-refractivity contribution >= 4 is 0 Å². The molecule has 0 saturated carbocycles. The van der Waals surface area contributed by atoms with Gasteiger partial charge in [-0.05, 0) is 6.92 Å². The summed E-state index contributed by atoms with van der Waals surface area (Å²) in [5, 5.41) is 0. The van der Waals surface area contributed by atoms with E-state index in [0.717, 1.165) is 0 Å². The minimum absolute atomic E-state index is 0.208. The Morgan fingerprint density at radius 1 is 0.372 bits per heavy atom. The molecule has 15 atom stereocenters. The molecule has 0 aromatic carbocycles. The first-order valence-electron chi connectivity index (χ1n) is 14.3. The molecule has 0 spiro atoms. The summed E-state index contributed by atoms with van der Waals surface area (Å²) in [5.74, 6) is 0. The SMILES string of the molecule is COC[C@H]1O[C@H](O[C@H]2[C@H](O[C@H]3[C@@H](OC)[C@H](OC)[C@@H](OC)O[C@H]3C)O[C@H](COC)[C@@H](OC)[C@@H]2OC)[C@H](OC)[C@@H](OC)[C@H]1OC. The van der Waals surface area contributed by atoms with Gasteiger partial charge >= 0.3 is 0 Å². The Morgan fingerprint density at radius 2 is 0.744 bits per heavy atom. The predicted octanol–water partition coefficient (Wildman–Crippen LogP) is -0.00440. The first-order chi connectivity index (χ1) is 20.8. The van der Waals surface area contributed by atoms with E-state index in [9.17, 15) is 0 Å². The van der Waals surface area contributed by atoms with Crippen LogP contribution >= 0.6 is 0 Å². The summed E-state index contributed by atoms with van der Waals surface area (Å²) in [6.07, 6.45) is -9.90. The van der Waals surface area contributed by atoms with Gasteiger partial charge in [-0.2, -0.15) is 0 Å². The second-order valence-electron chi connectivity index (χ2n) is 10.5. The van der Waals surface area contributed by atoms with Crippen LogP contribution in [0, 0.1) is 0 Å². The molecule has 3 aliphatic rings. The first-order valence-corrected chi connectivity index (χ1v) is 14.3. The lowest BCUT2D eigenvalue weighted by Gasteiger charge is -2.51. The van der Waals surface area contributed by atoms with Gasteiger partial charge in [0.05, 0.1) is 19.3 Å². The van der Waals surface area contributed by atoms with Crippen LogP contribution in [0.1, 0.15) is 6.92 Å². The molecule has 3 heterocycles. The third-order valence-electron chi connectivity index (χ3n) is 8.29. The van der Waals surface area contributed by atoms with E-state index < -0.39 is 92.1 Å². The summed E-state index contributed by atoms with van der Waals surface area (Å²) in [4.78, 5) is 0. The molecule has 0 aromatic heterocycles. The zero-order valence-corrected chi connectivity index (χ0v) is 27.2. The molecule has 0 aromatic rings. The van der Waals surface area contributed by atoms with Crippen molar-refractivity contribution in [3.05, 3.63) is 0 Å². The highest BCUT2D eigenvalue weighted by atomic mass is 16.8. The Bertz CT molecular complexity index is 778. The van der Waals surface area contributed by atoms with Crippen molar-refractivity contribution in [1.82, 2.24) is 0 Å². The first kappa shape index (κ1) is 36.9. The molecule has 3 aliphatic heterocycles. The maximum absolute atomic E-state index is 6.68. The van der Waals surface area contributed by atoms with E-state index in [0.29, 0.717) is 0 Å². The Balaban J connectivity index is 1.99. The van der Waals surface area contributed by atoms with Crippen molar-refractivity contribution in [1.29, 1.82) is 0 Å². The van der Waals surface area contributed by atoms with Crippen LogP contribution in [0.2, 0.25) is 0 Å². The van der Waals surface area contributed by atoms with Crippen LogP contribution in [-0.2, 0) is 71.1 Å². The molecule has 15 heteroatoms. The second-order valence-corrected chi connectivity index (χ2v) is 10.5. The maximum Gasteiger partial charge on any atom is 0.187 e. The van der Waals surface area contributed by atoms with Gasteiger partial charge < -0.3 is 71.1 Å². The molecule has 0 bridgehead atoms. The summed E-state index contributed by atoms with van der Waals surface area (Å²) >= 11 is 0. The number of hydrogen-bond acceptors (Lipinski definition) is 15. The smallest absolute Gasteiger partial charge is 0.187 e. The fraction of sp³-hybridized carbons (Fsp3) is 1.00. The molecule has 3 saturated heterocycles. The lowest BCUT2D eigenvalue weighted by Crippen LogP contribution is -2.67. The van der Waals surface area contributed by atoms with Crippen LogP contribution in [0.15, 0.2) is 0 Å². The standard InChI is InChI=1S/C28H52O15/c1-14-17(20(33-6)23(36-9)26(38-11)39-14)42-28-25(22(35-8)19(32-5)16(41-28)13-30-3)43-27-24(37-10)21(34-7)18(31-4)15(40-27)12-29-2/h14-28H,12-13H2,1-11H3/t14-,15+,16+,17+,18-,19+,20+,21-,22-,23-,24+,25+,26-,27+,28-/m0/s1. The Kier molecular flexibility index (Phi) is 15.4. The zero-order valence-electron chi connectivity index (χ0n) is 27.2. The highest BCUT2D eigenvalue weighted by Gasteiger charge is 2.55. The fourth-order valence-corrected chi connectivity index (χ4v) is 6.25. The molecule has 3 fully saturated rings. The van der Waals surface area contributed by atoms with Gasteiger partial charge in [0.1, 0.15) is 67.1 Å². The van der Waals surface area contributed by atoms with Crippen LogP contribution in [-0.4, -0.2) is 176 Å². The third-order valence-corrected chi connectivity index (χ3v) is 8.29. The van der Waals surface area contributed by atoms with E-state index in [2.05, 4.69) is 0 Å². The van der Waals surface area contributed by atoms with Crippen LogP contribution in [0.5, 0.6) is 0 Å². The van der Waals surface area contributed by atoms with Crippen LogP contribution in [0.25, 0.3) is 0 Å². The normalized spacial score (nSPS) is 44.0. The van der Waals surface area contributed by atoms with Crippen molar-refractivity contribution in [3.8, 4) is 0 Å². The summed E-state index contributed by atoms with van der Waals surface area (Å²) in [5.41, 5.74) is 0. The predicted molar refractivity (Wildman–Crippen MR) is 148 cm³/mol. The van der Waals surface area contributed by atoms with E-state index in [1.807, 2.05) is 6.92 Å². The third kappa shape index (κ3) is 8.04. The van der Waals surface area contributed by atoms with E-state index in [4.69, 9.17) is 71.1 Å². The maximum atomic E-state index is 6.68. The molecule has 0 amide bonds. The van der Waals surface area contributed by atoms with Gasteiger partial charge in [0.15, 0.2) is 18.9 Å². The van der Waals surface area contributed by atoms with Gasteiger partial charge in [-0.15, -0.1) is 0 Å². The van der Waals surface area contributed by atoms with Gasteiger partial charge in [0.2, 0.25) is 0 Å². The van der Waals surface area contributed by atoms with E-state index in [1.54, 1.807) is 71.1 Å². The topological polar surface area (TPSA) is 138 Å². The number of hydrogen-bond donors (Lipinski definition) is 0. The largest absolute Gasteiger partial charge is 0.382 e. The van der Waals surface area contributed by atoms with E-state index in [1.165, 1.54) is 0 Å². The molecule has 43 heavy (non-hydrogen) atoms. The van der Waals surface area contributed by atoms with Crippen molar-refractivity contribution in [2.75, 3.05) is 84.3 Å². The van der Waals surface area contributed by atoms with Gasteiger partial charge in [0.25, 0.3) is 0 Å². The van der Waals surface area contributed by atoms with Crippen LogP contribution < -0.4 is 0 Å². The van der Waals surface area contributed by atoms with Crippen molar-refractivity contribution < 1.29 is 71.1 Å². The molecule has 0 unspecified atom stereocenters. The number of ether oxygens (including phenoxy) is 15. The minimum atomic E-state index is -1.02. The molecule has 0 N–H and O–H groups in total. The number of rotatable bonds is 16. The lowest BCUT2D eigenvalue weighted by atomic mass is 9.95. The van der Waals surface area contributed by atoms with Gasteiger partial charge in [-0.1, -0.05) is 0 Å². The molecule has 3 rings (SSSR count). The Labute approximate surface area is 254 Å². The highest BCUT2D eigenvalue weighted by Crippen LogP contribution is 2.36. The van der Waals surface area contributed by atoms with Gasteiger partial charge in [-0.3, -0.25) is 0 Å². The minimum Gasteiger partial charge on any atom is -0.382 e. The molecular weight excluding hydrogens is 576 g/mol. The molecule has 0 radical (unpaired) electrons. The fourth-order valence-electron chi connectivity index (χ4n) is 6.25. The van der Waals surface area contributed by atoms with E-state index >= 15 is 0 Å². The summed E-state index contributed by atoms with van der Waals surface area (Å²) in [7, 11) is 15.7. The van der Waals surface area contributed by atoms with Gasteiger partial charge in [0, 0.05) is 71.1 Å². The molecule has 15 nitrogen and oxygen atoms in total. The summed E-state index contributed by atoms with van der Waals surface area (Å²) in [6.45, 7) is 2.30. The lowest BCUT2D eigenvalue weighted by molar-refractivity contribution is -0.392. The van der Waals surface area contributed by atoms with E-state index in [-0.39, 0.29) is 13.2 Å². The summed E-state index contributed by atoms with van der Waals surface area (Å²) in [6, 6.07) is 0. The molecular formula is C28H52O15. The van der Waals surface area contributed by atoms with Crippen LogP contribution in [0.3, 0.4) is 0 Å². The Morgan fingerprint density at radius 3 is 1.16 bits per heavy atom. The second kappa shape index (κ2) is 17.9. The van der Waals surface area contributed by atoms with Gasteiger partial charge in [-0.25, -0.2) is 0 Å². The molecule has 254 valence electrons. The van der Waals surface area contributed by atoms with Crippen LogP contribution in [0.4, 0.5) is 0 Å². The average molecular weight is 629 g/mol. The zero-order chi connectivity index (χ0) is 31.7. The van der Waals surface area contributed by atoms with Crippen molar-refractivity contribution in [2.45, 2.75) is 99.0 Å². The average Bonchev–Trinajstić information content (AvgIpc) is 3.01. The van der Waals surface area contributed by atoms with Crippen molar-refractivity contribution in [3.63, 3.8) is 0 Å².